The third-order valence-corrected chi connectivity index (χ3v) is 5.48. The van der Waals surface area contributed by atoms with Gasteiger partial charge in [-0.05, 0) is 42.0 Å². The van der Waals surface area contributed by atoms with Gasteiger partial charge in [0.05, 0.1) is 15.6 Å². The Kier molecular flexibility index (Phi) is 4.28. The van der Waals surface area contributed by atoms with Crippen molar-refractivity contribution in [2.24, 2.45) is 0 Å². The Hall–Kier alpha value is -2.61. The Morgan fingerprint density at radius 2 is 2.19 bits per heavy atom. The van der Waals surface area contributed by atoms with E-state index in [1.54, 1.807) is 18.3 Å². The molecule has 1 aromatic carbocycles. The van der Waals surface area contributed by atoms with Gasteiger partial charge < -0.3 is 10.1 Å². The minimum Gasteiger partial charge on any atom is -0.431 e. The second-order valence-electron chi connectivity index (χ2n) is 5.90. The lowest BCUT2D eigenvalue weighted by Crippen LogP contribution is -2.10. The molecule has 0 saturated heterocycles. The van der Waals surface area contributed by atoms with Crippen LogP contribution >= 0.6 is 11.3 Å². The molecule has 0 aliphatic heterocycles. The van der Waals surface area contributed by atoms with Crippen LogP contribution in [0.3, 0.4) is 0 Å². The molecule has 0 spiro atoms. The van der Waals surface area contributed by atoms with Gasteiger partial charge in [0.2, 0.25) is 0 Å². The number of halogens is 3. The highest BCUT2D eigenvalue weighted by atomic mass is 32.1. The van der Waals surface area contributed by atoms with Gasteiger partial charge in [-0.1, -0.05) is 6.07 Å². The SMILES string of the molecule is O=Cc1cc2ccnc(N[C@@H]3CCc4c3ccc(F)c4OC(F)F)c2s1. The van der Waals surface area contributed by atoms with Crippen molar-refractivity contribution in [1.82, 2.24) is 4.98 Å². The molecule has 1 atom stereocenters. The van der Waals surface area contributed by atoms with Crippen molar-refractivity contribution in [3.05, 3.63) is 52.3 Å². The quantitative estimate of drug-likeness (QED) is 0.639. The molecule has 4 rings (SSSR count). The lowest BCUT2D eigenvalue weighted by atomic mass is 10.1. The van der Waals surface area contributed by atoms with Gasteiger partial charge in [-0.2, -0.15) is 8.78 Å². The first-order valence-electron chi connectivity index (χ1n) is 7.93. The number of benzene rings is 1. The zero-order valence-corrected chi connectivity index (χ0v) is 14.2. The van der Waals surface area contributed by atoms with Gasteiger partial charge in [0.15, 0.2) is 17.9 Å². The molecule has 26 heavy (non-hydrogen) atoms. The Labute approximate surface area is 150 Å². The molecule has 0 unspecified atom stereocenters. The number of carbonyl (C=O) groups is 1. The summed E-state index contributed by atoms with van der Waals surface area (Å²) in [5.41, 5.74) is 1.17. The highest BCUT2D eigenvalue weighted by molar-refractivity contribution is 7.21. The van der Waals surface area contributed by atoms with E-state index in [9.17, 15) is 18.0 Å². The normalized spacial score (nSPS) is 16.1. The summed E-state index contributed by atoms with van der Waals surface area (Å²) in [5.74, 6) is -0.565. The Morgan fingerprint density at radius 1 is 1.35 bits per heavy atom. The number of hydrogen-bond donors (Lipinski definition) is 1. The smallest absolute Gasteiger partial charge is 0.387 e. The van der Waals surface area contributed by atoms with Crippen LogP contribution in [0.2, 0.25) is 0 Å². The summed E-state index contributed by atoms with van der Waals surface area (Å²) in [7, 11) is 0. The van der Waals surface area contributed by atoms with E-state index in [0.717, 1.165) is 22.4 Å². The summed E-state index contributed by atoms with van der Waals surface area (Å²) in [5, 5.41) is 4.19. The number of nitrogens with zero attached hydrogens (tertiary/aromatic N) is 1. The lowest BCUT2D eigenvalue weighted by molar-refractivity contribution is -0.0527. The van der Waals surface area contributed by atoms with Crippen molar-refractivity contribution in [1.29, 1.82) is 0 Å². The first-order valence-corrected chi connectivity index (χ1v) is 8.75. The number of hydrogen-bond acceptors (Lipinski definition) is 5. The molecule has 2 heterocycles. The molecule has 4 nitrogen and oxygen atoms in total. The zero-order chi connectivity index (χ0) is 18.3. The number of ether oxygens (including phenoxy) is 1. The van der Waals surface area contributed by atoms with Crippen molar-refractivity contribution < 1.29 is 22.7 Å². The number of thiophene rings is 1. The second kappa shape index (κ2) is 6.60. The van der Waals surface area contributed by atoms with Gasteiger partial charge in [0, 0.05) is 11.8 Å². The van der Waals surface area contributed by atoms with Gasteiger partial charge in [0.1, 0.15) is 5.82 Å². The van der Waals surface area contributed by atoms with Crippen molar-refractivity contribution in [3.8, 4) is 5.75 Å². The van der Waals surface area contributed by atoms with Crippen molar-refractivity contribution in [2.75, 3.05) is 5.32 Å². The lowest BCUT2D eigenvalue weighted by Gasteiger charge is -2.16. The summed E-state index contributed by atoms with van der Waals surface area (Å²) in [6, 6.07) is 6.12. The fraction of sp³-hybridized carbons (Fsp3) is 0.222. The molecule has 8 heteroatoms. The van der Waals surface area contributed by atoms with Crippen LogP contribution in [0.4, 0.5) is 19.0 Å². The Bertz CT molecular complexity index is 990. The van der Waals surface area contributed by atoms with E-state index in [2.05, 4.69) is 15.0 Å². The second-order valence-corrected chi connectivity index (χ2v) is 6.99. The third-order valence-electron chi connectivity index (χ3n) is 4.39. The third kappa shape index (κ3) is 2.90. The van der Waals surface area contributed by atoms with Gasteiger partial charge in [0.25, 0.3) is 0 Å². The minimum absolute atomic E-state index is 0.203. The largest absolute Gasteiger partial charge is 0.431 e. The standard InChI is InChI=1S/C18H13F3N2O2S/c19-13-3-1-11-12(15(13)25-18(20)21)2-4-14(11)23-17-16-9(5-6-22-17)7-10(8-24)26-16/h1,3,5-8,14,18H,2,4H2,(H,22,23)/t14-/m1/s1. The van der Waals surface area contributed by atoms with Crippen molar-refractivity contribution in [3.63, 3.8) is 0 Å². The summed E-state index contributed by atoms with van der Waals surface area (Å²) >= 11 is 1.33. The maximum Gasteiger partial charge on any atom is 0.387 e. The number of rotatable bonds is 5. The maximum absolute atomic E-state index is 13.9. The first kappa shape index (κ1) is 16.8. The predicted molar refractivity (Wildman–Crippen MR) is 92.7 cm³/mol. The average molecular weight is 378 g/mol. The van der Waals surface area contributed by atoms with Gasteiger partial charge in [-0.3, -0.25) is 4.79 Å². The molecule has 1 aliphatic carbocycles. The molecule has 1 aliphatic rings. The first-order chi connectivity index (χ1) is 12.6. The molecule has 0 radical (unpaired) electrons. The Morgan fingerprint density at radius 3 is 2.96 bits per heavy atom. The molecule has 0 amide bonds. The number of fused-ring (bicyclic) bond motifs is 2. The number of aldehydes is 1. The fourth-order valence-corrected chi connectivity index (χ4v) is 4.24. The van der Waals surface area contributed by atoms with E-state index in [4.69, 9.17) is 0 Å². The van der Waals surface area contributed by atoms with Gasteiger partial charge >= 0.3 is 6.61 Å². The molecule has 2 aromatic heterocycles. The van der Waals surface area contributed by atoms with Gasteiger partial charge in [-0.25, -0.2) is 9.37 Å². The topological polar surface area (TPSA) is 51.2 Å². The molecular formula is C18H13F3N2O2S. The van der Waals surface area contributed by atoms with Crippen molar-refractivity contribution >= 4 is 33.5 Å². The number of alkyl halides is 2. The fourth-order valence-electron chi connectivity index (χ4n) is 3.32. The van der Waals surface area contributed by atoms with Crippen LogP contribution in [-0.4, -0.2) is 17.9 Å². The molecular weight excluding hydrogens is 365 g/mol. The van der Waals surface area contributed by atoms with E-state index < -0.39 is 12.4 Å². The van der Waals surface area contributed by atoms with Crippen LogP contribution in [0, 0.1) is 5.82 Å². The van der Waals surface area contributed by atoms with Crippen molar-refractivity contribution in [2.45, 2.75) is 25.5 Å². The molecule has 0 saturated carbocycles. The molecule has 0 bridgehead atoms. The minimum atomic E-state index is -3.08. The van der Waals surface area contributed by atoms with Gasteiger partial charge in [-0.15, -0.1) is 11.3 Å². The van der Waals surface area contributed by atoms with E-state index in [1.165, 1.54) is 11.3 Å². The van der Waals surface area contributed by atoms with Crippen LogP contribution in [0.5, 0.6) is 5.75 Å². The maximum atomic E-state index is 13.9. The van der Waals surface area contributed by atoms with Crippen LogP contribution in [-0.2, 0) is 6.42 Å². The monoisotopic (exact) mass is 378 g/mol. The summed E-state index contributed by atoms with van der Waals surface area (Å²) in [4.78, 5) is 15.9. The van der Waals surface area contributed by atoms with Crippen LogP contribution < -0.4 is 10.1 Å². The number of anilines is 1. The number of nitrogens with one attached hydrogen (secondary N) is 1. The Balaban J connectivity index is 1.69. The molecule has 3 aromatic rings. The number of pyridine rings is 1. The van der Waals surface area contributed by atoms with E-state index >= 15 is 0 Å². The highest BCUT2D eigenvalue weighted by Gasteiger charge is 2.29. The highest BCUT2D eigenvalue weighted by Crippen LogP contribution is 2.41. The number of aromatic nitrogens is 1. The van der Waals surface area contributed by atoms with E-state index in [-0.39, 0.29) is 11.8 Å². The average Bonchev–Trinajstić information content (AvgIpc) is 3.22. The van der Waals surface area contributed by atoms with E-state index in [1.807, 2.05) is 6.07 Å². The number of carbonyl (C=O) groups excluding carboxylic acids is 1. The van der Waals surface area contributed by atoms with Crippen LogP contribution in [0.15, 0.2) is 30.5 Å². The summed E-state index contributed by atoms with van der Waals surface area (Å²) < 4.78 is 44.3. The molecule has 134 valence electrons. The zero-order valence-electron chi connectivity index (χ0n) is 13.3. The van der Waals surface area contributed by atoms with E-state index in [0.29, 0.717) is 34.7 Å². The predicted octanol–water partition coefficient (Wildman–Crippen LogP) is 4.95. The van der Waals surface area contributed by atoms with Crippen LogP contribution in [0.1, 0.15) is 33.3 Å². The molecule has 1 N–H and O–H groups in total. The molecule has 0 fully saturated rings. The summed E-state index contributed by atoms with van der Waals surface area (Å²) in [6.45, 7) is -3.08. The summed E-state index contributed by atoms with van der Waals surface area (Å²) in [6.07, 6.45) is 3.45. The van der Waals surface area contributed by atoms with Crippen LogP contribution in [0.25, 0.3) is 10.1 Å².